The summed E-state index contributed by atoms with van der Waals surface area (Å²) in [4.78, 5) is 23.5. The molecule has 7 nitrogen and oxygen atoms in total. The normalized spacial score (nSPS) is 11.0. The predicted octanol–water partition coefficient (Wildman–Crippen LogP) is 1.01. The third-order valence-corrected chi connectivity index (χ3v) is 3.42. The Morgan fingerprint density at radius 3 is 2.23 bits per heavy atom. The highest BCUT2D eigenvalue weighted by Crippen LogP contribution is 2.15. The van der Waals surface area contributed by atoms with E-state index in [9.17, 15) is 18.0 Å². The number of hydrogen-bond donors (Lipinski definition) is 2. The molecule has 0 saturated heterocycles. The van der Waals surface area contributed by atoms with Gasteiger partial charge in [0.25, 0.3) is 11.5 Å². The Morgan fingerprint density at radius 1 is 1.09 bits per heavy atom. The molecule has 1 aromatic heterocycles. The van der Waals surface area contributed by atoms with E-state index in [-0.39, 0.29) is 11.1 Å². The fourth-order valence-corrected chi connectivity index (χ4v) is 2.29. The molecule has 0 unspecified atom stereocenters. The van der Waals surface area contributed by atoms with E-state index in [4.69, 9.17) is 0 Å². The van der Waals surface area contributed by atoms with Gasteiger partial charge in [0, 0.05) is 36.2 Å². The van der Waals surface area contributed by atoms with Crippen LogP contribution in [0.3, 0.4) is 0 Å². The van der Waals surface area contributed by atoms with E-state index in [1.165, 1.54) is 35.0 Å². The summed E-state index contributed by atoms with van der Waals surface area (Å²) in [5.74, 6) is -0.415. The molecular formula is C14H15N3O4S. The number of aromatic nitrogens is 1. The van der Waals surface area contributed by atoms with Crippen molar-refractivity contribution in [1.82, 2.24) is 4.57 Å². The molecule has 2 aromatic rings. The Morgan fingerprint density at radius 2 is 1.68 bits per heavy atom. The van der Waals surface area contributed by atoms with Gasteiger partial charge in [0.05, 0.1) is 6.26 Å². The van der Waals surface area contributed by atoms with E-state index in [2.05, 4.69) is 10.0 Å². The number of hydrogen-bond acceptors (Lipinski definition) is 4. The maximum absolute atomic E-state index is 12.0. The zero-order valence-electron chi connectivity index (χ0n) is 12.0. The number of rotatable bonds is 4. The lowest BCUT2D eigenvalue weighted by Gasteiger charge is -2.08. The molecule has 8 heteroatoms. The van der Waals surface area contributed by atoms with E-state index in [0.29, 0.717) is 11.4 Å². The van der Waals surface area contributed by atoms with Gasteiger partial charge in [0.2, 0.25) is 10.0 Å². The monoisotopic (exact) mass is 321 g/mol. The van der Waals surface area contributed by atoms with E-state index in [1.54, 1.807) is 19.2 Å². The Hall–Kier alpha value is -2.61. The number of carbonyl (C=O) groups excluding carboxylic acids is 1. The number of nitrogens with zero attached hydrogens (tertiary/aromatic N) is 1. The van der Waals surface area contributed by atoms with Gasteiger partial charge in [0.1, 0.15) is 0 Å². The number of pyridine rings is 1. The van der Waals surface area contributed by atoms with Gasteiger partial charge in [-0.25, -0.2) is 8.42 Å². The summed E-state index contributed by atoms with van der Waals surface area (Å²) in [6.45, 7) is 0. The Balaban J connectivity index is 2.11. The van der Waals surface area contributed by atoms with E-state index in [1.807, 2.05) is 0 Å². The first-order valence-electron chi connectivity index (χ1n) is 6.30. The molecule has 2 rings (SSSR count). The van der Waals surface area contributed by atoms with Crippen LogP contribution in [0.4, 0.5) is 11.4 Å². The molecule has 0 radical (unpaired) electrons. The van der Waals surface area contributed by atoms with Crippen LogP contribution in [0.15, 0.2) is 47.4 Å². The first-order chi connectivity index (χ1) is 10.2. The molecule has 1 amide bonds. The van der Waals surface area contributed by atoms with Crippen LogP contribution in [0.1, 0.15) is 10.4 Å². The molecule has 1 heterocycles. The quantitative estimate of drug-likeness (QED) is 0.878. The highest BCUT2D eigenvalue weighted by atomic mass is 32.2. The zero-order valence-corrected chi connectivity index (χ0v) is 12.8. The second kappa shape index (κ2) is 6.02. The number of sulfonamides is 1. The number of nitrogens with one attached hydrogen (secondary N) is 2. The third kappa shape index (κ3) is 4.19. The fourth-order valence-electron chi connectivity index (χ4n) is 1.73. The number of benzene rings is 1. The maximum atomic E-state index is 12.0. The molecule has 22 heavy (non-hydrogen) atoms. The van der Waals surface area contributed by atoms with Crippen LogP contribution in [0, 0.1) is 0 Å². The molecule has 0 atom stereocenters. The highest BCUT2D eigenvalue weighted by molar-refractivity contribution is 7.92. The zero-order chi connectivity index (χ0) is 16.3. The molecule has 2 N–H and O–H groups in total. The van der Waals surface area contributed by atoms with Crippen molar-refractivity contribution in [2.75, 3.05) is 16.3 Å². The minimum atomic E-state index is -3.34. The number of amides is 1. The summed E-state index contributed by atoms with van der Waals surface area (Å²) in [5.41, 5.74) is 0.862. The molecule has 116 valence electrons. The predicted molar refractivity (Wildman–Crippen MR) is 84.5 cm³/mol. The van der Waals surface area contributed by atoms with Gasteiger partial charge in [-0.15, -0.1) is 0 Å². The first kappa shape index (κ1) is 15.8. The van der Waals surface area contributed by atoms with E-state index in [0.717, 1.165) is 6.26 Å². The average molecular weight is 321 g/mol. The van der Waals surface area contributed by atoms with Crippen molar-refractivity contribution in [1.29, 1.82) is 0 Å². The van der Waals surface area contributed by atoms with Crippen molar-refractivity contribution in [2.24, 2.45) is 7.05 Å². The van der Waals surface area contributed by atoms with Gasteiger partial charge in [-0.3, -0.25) is 14.3 Å². The third-order valence-electron chi connectivity index (χ3n) is 2.81. The van der Waals surface area contributed by atoms with Gasteiger partial charge < -0.3 is 9.88 Å². The van der Waals surface area contributed by atoms with Crippen molar-refractivity contribution in [2.45, 2.75) is 0 Å². The number of aryl methyl sites for hydroxylation is 1. The van der Waals surface area contributed by atoms with Crippen molar-refractivity contribution in [3.63, 3.8) is 0 Å². The van der Waals surface area contributed by atoms with Gasteiger partial charge in [-0.1, -0.05) is 0 Å². The largest absolute Gasteiger partial charge is 0.322 e. The minimum Gasteiger partial charge on any atom is -0.322 e. The lowest BCUT2D eigenvalue weighted by Crippen LogP contribution is -2.20. The van der Waals surface area contributed by atoms with Crippen LogP contribution in [0.5, 0.6) is 0 Å². The number of anilines is 2. The van der Waals surface area contributed by atoms with Gasteiger partial charge in [-0.05, 0) is 30.3 Å². The van der Waals surface area contributed by atoms with Crippen LogP contribution in [0.25, 0.3) is 0 Å². The Kier molecular flexibility index (Phi) is 4.32. The lowest BCUT2D eigenvalue weighted by molar-refractivity contribution is 0.102. The van der Waals surface area contributed by atoms with E-state index >= 15 is 0 Å². The minimum absolute atomic E-state index is 0.251. The second-order valence-corrected chi connectivity index (χ2v) is 6.52. The topological polar surface area (TPSA) is 97.3 Å². The molecule has 0 saturated carbocycles. The Labute approximate surface area is 127 Å². The molecule has 0 bridgehead atoms. The summed E-state index contributed by atoms with van der Waals surface area (Å²) in [7, 11) is -1.74. The summed E-state index contributed by atoms with van der Waals surface area (Å²) in [6.07, 6.45) is 2.56. The van der Waals surface area contributed by atoms with Crippen molar-refractivity contribution in [3.05, 3.63) is 58.5 Å². The SMILES string of the molecule is Cn1ccc(C(=O)Nc2ccc(NS(C)(=O)=O)cc2)cc1=O. The van der Waals surface area contributed by atoms with Crippen LogP contribution in [-0.2, 0) is 17.1 Å². The lowest BCUT2D eigenvalue weighted by atomic mass is 10.2. The summed E-state index contributed by atoms with van der Waals surface area (Å²) in [6, 6.07) is 8.96. The molecule has 0 aliphatic heterocycles. The van der Waals surface area contributed by atoms with Crippen molar-refractivity contribution < 1.29 is 13.2 Å². The van der Waals surface area contributed by atoms with Crippen molar-refractivity contribution >= 4 is 27.3 Å². The van der Waals surface area contributed by atoms with Gasteiger partial charge in [0.15, 0.2) is 0 Å². The van der Waals surface area contributed by atoms with Crippen LogP contribution in [0.2, 0.25) is 0 Å². The fraction of sp³-hybridized carbons (Fsp3) is 0.143. The van der Waals surface area contributed by atoms with Crippen LogP contribution >= 0.6 is 0 Å². The summed E-state index contributed by atoms with van der Waals surface area (Å²) >= 11 is 0. The van der Waals surface area contributed by atoms with Crippen LogP contribution in [-0.4, -0.2) is 25.1 Å². The van der Waals surface area contributed by atoms with Crippen molar-refractivity contribution in [3.8, 4) is 0 Å². The summed E-state index contributed by atoms with van der Waals surface area (Å²) in [5, 5.41) is 2.63. The molecule has 1 aromatic carbocycles. The molecule has 0 spiro atoms. The second-order valence-electron chi connectivity index (χ2n) is 4.77. The van der Waals surface area contributed by atoms with Gasteiger partial charge in [-0.2, -0.15) is 0 Å². The first-order valence-corrected chi connectivity index (χ1v) is 8.20. The van der Waals surface area contributed by atoms with Gasteiger partial charge >= 0.3 is 0 Å². The summed E-state index contributed by atoms with van der Waals surface area (Å²) < 4.78 is 25.9. The standard InChI is InChI=1S/C14H15N3O4S/c1-17-8-7-10(9-13(17)18)14(19)15-11-3-5-12(6-4-11)16-22(2,20)21/h3-9,16H,1-2H3,(H,15,19). The molecule has 0 fully saturated rings. The highest BCUT2D eigenvalue weighted by Gasteiger charge is 2.08. The van der Waals surface area contributed by atoms with E-state index < -0.39 is 15.9 Å². The molecular weight excluding hydrogens is 306 g/mol. The number of carbonyl (C=O) groups is 1. The Bertz CT molecular complexity index is 854. The molecule has 0 aliphatic rings. The smallest absolute Gasteiger partial charge is 0.255 e. The molecule has 0 aliphatic carbocycles. The average Bonchev–Trinajstić information content (AvgIpc) is 2.42. The maximum Gasteiger partial charge on any atom is 0.255 e. The van der Waals surface area contributed by atoms with Crippen LogP contribution < -0.4 is 15.6 Å².